The third-order valence-corrected chi connectivity index (χ3v) is 3.87. The maximum Gasteiger partial charge on any atom is 0.138 e. The molecule has 0 bridgehead atoms. The van der Waals surface area contributed by atoms with Crippen molar-refractivity contribution in [1.29, 1.82) is 0 Å². The van der Waals surface area contributed by atoms with Crippen molar-refractivity contribution in [3.05, 3.63) is 40.4 Å². The Morgan fingerprint density at radius 1 is 0.905 bits per heavy atom. The van der Waals surface area contributed by atoms with Gasteiger partial charge >= 0.3 is 0 Å². The molecule has 0 saturated heterocycles. The van der Waals surface area contributed by atoms with Gasteiger partial charge in [-0.1, -0.05) is 23.2 Å². The van der Waals surface area contributed by atoms with E-state index in [0.29, 0.717) is 27.4 Å². The minimum Gasteiger partial charge on any atom is -0.497 e. The number of nitrogens with one attached hydrogen (secondary N) is 1. The second-order valence-electron chi connectivity index (χ2n) is 4.47. The Morgan fingerprint density at radius 3 is 2.14 bits per heavy atom. The first kappa shape index (κ1) is 14.0. The minimum absolute atomic E-state index is 0.477. The first-order valence-electron chi connectivity index (χ1n) is 6.19. The summed E-state index contributed by atoms with van der Waals surface area (Å²) in [5.74, 6) is 2.09. The van der Waals surface area contributed by atoms with Gasteiger partial charge < -0.3 is 14.5 Å². The van der Waals surface area contributed by atoms with Crippen LogP contribution in [0.15, 0.2) is 30.3 Å². The number of aromatic amines is 1. The van der Waals surface area contributed by atoms with Crippen molar-refractivity contribution in [3.63, 3.8) is 0 Å². The SMILES string of the molecule is COc1cc(OC)cc(-c2nc3cc(Cl)c(Cl)cc3[nH]2)c1. The number of H-pyrrole nitrogens is 1. The third-order valence-electron chi connectivity index (χ3n) is 3.15. The van der Waals surface area contributed by atoms with E-state index in [-0.39, 0.29) is 0 Å². The van der Waals surface area contributed by atoms with Crippen molar-refractivity contribution >= 4 is 34.2 Å². The molecule has 108 valence electrons. The highest BCUT2D eigenvalue weighted by Crippen LogP contribution is 2.31. The second-order valence-corrected chi connectivity index (χ2v) is 5.28. The molecule has 3 rings (SSSR count). The molecule has 0 atom stereocenters. The summed E-state index contributed by atoms with van der Waals surface area (Å²) in [7, 11) is 3.22. The smallest absolute Gasteiger partial charge is 0.138 e. The third kappa shape index (κ3) is 2.64. The summed E-state index contributed by atoms with van der Waals surface area (Å²) in [5, 5.41) is 0.966. The number of benzene rings is 2. The van der Waals surface area contributed by atoms with Gasteiger partial charge in [0.05, 0.1) is 35.3 Å². The largest absolute Gasteiger partial charge is 0.497 e. The summed E-state index contributed by atoms with van der Waals surface area (Å²) in [6, 6.07) is 9.05. The molecule has 0 fully saturated rings. The molecule has 2 aromatic carbocycles. The van der Waals surface area contributed by atoms with Gasteiger partial charge in [0.1, 0.15) is 17.3 Å². The van der Waals surface area contributed by atoms with E-state index in [9.17, 15) is 0 Å². The van der Waals surface area contributed by atoms with Crippen LogP contribution in [0, 0.1) is 0 Å². The van der Waals surface area contributed by atoms with Crippen LogP contribution in [0.5, 0.6) is 11.5 Å². The number of hydrogen-bond acceptors (Lipinski definition) is 3. The van der Waals surface area contributed by atoms with Crippen molar-refractivity contribution < 1.29 is 9.47 Å². The fraction of sp³-hybridized carbons (Fsp3) is 0.133. The number of methoxy groups -OCH3 is 2. The summed E-state index contributed by atoms with van der Waals surface area (Å²) < 4.78 is 10.5. The second kappa shape index (κ2) is 5.47. The lowest BCUT2D eigenvalue weighted by Gasteiger charge is -2.06. The van der Waals surface area contributed by atoms with Crippen molar-refractivity contribution in [2.75, 3.05) is 14.2 Å². The van der Waals surface area contributed by atoms with E-state index in [1.807, 2.05) is 12.1 Å². The topological polar surface area (TPSA) is 47.1 Å². The van der Waals surface area contributed by atoms with Crippen LogP contribution >= 0.6 is 23.2 Å². The maximum atomic E-state index is 6.02. The number of halogens is 2. The molecule has 0 amide bonds. The fourth-order valence-corrected chi connectivity index (χ4v) is 2.41. The Bertz CT molecular complexity index is 754. The molecule has 21 heavy (non-hydrogen) atoms. The van der Waals surface area contributed by atoms with Gasteiger partial charge in [-0.25, -0.2) is 4.98 Å². The zero-order valence-corrected chi connectivity index (χ0v) is 12.9. The van der Waals surface area contributed by atoms with E-state index >= 15 is 0 Å². The van der Waals surface area contributed by atoms with E-state index in [0.717, 1.165) is 16.6 Å². The van der Waals surface area contributed by atoms with Gasteiger partial charge in [0, 0.05) is 11.6 Å². The zero-order chi connectivity index (χ0) is 15.0. The van der Waals surface area contributed by atoms with Gasteiger partial charge in [-0.3, -0.25) is 0 Å². The molecule has 6 heteroatoms. The Kier molecular flexibility index (Phi) is 3.66. The predicted molar refractivity (Wildman–Crippen MR) is 84.7 cm³/mol. The molecule has 1 heterocycles. The summed E-state index contributed by atoms with van der Waals surface area (Å²) >= 11 is 12.0. The Morgan fingerprint density at radius 2 is 1.52 bits per heavy atom. The maximum absolute atomic E-state index is 6.02. The highest BCUT2D eigenvalue weighted by Gasteiger charge is 2.10. The highest BCUT2D eigenvalue weighted by molar-refractivity contribution is 6.42. The molecule has 1 aromatic heterocycles. The number of rotatable bonds is 3. The van der Waals surface area contributed by atoms with Gasteiger partial charge in [-0.05, 0) is 24.3 Å². The number of imidazole rings is 1. The van der Waals surface area contributed by atoms with E-state index in [1.54, 1.807) is 32.4 Å². The van der Waals surface area contributed by atoms with Crippen LogP contribution in [0.4, 0.5) is 0 Å². The Labute approximate surface area is 131 Å². The molecule has 4 nitrogen and oxygen atoms in total. The zero-order valence-electron chi connectivity index (χ0n) is 11.4. The summed E-state index contributed by atoms with van der Waals surface area (Å²) in [4.78, 5) is 7.74. The molecule has 0 spiro atoms. The Hall–Kier alpha value is -1.91. The molecular weight excluding hydrogens is 311 g/mol. The first-order chi connectivity index (χ1) is 10.1. The normalized spacial score (nSPS) is 10.9. The van der Waals surface area contributed by atoms with E-state index in [1.165, 1.54) is 0 Å². The van der Waals surface area contributed by atoms with Crippen LogP contribution in [0.25, 0.3) is 22.4 Å². The lowest BCUT2D eigenvalue weighted by molar-refractivity contribution is 0.394. The van der Waals surface area contributed by atoms with Crippen LogP contribution in [-0.4, -0.2) is 24.2 Å². The van der Waals surface area contributed by atoms with Crippen molar-refractivity contribution in [2.24, 2.45) is 0 Å². The first-order valence-corrected chi connectivity index (χ1v) is 6.94. The number of nitrogens with zero attached hydrogens (tertiary/aromatic N) is 1. The van der Waals surface area contributed by atoms with Gasteiger partial charge in [-0.2, -0.15) is 0 Å². The number of aromatic nitrogens is 2. The van der Waals surface area contributed by atoms with Gasteiger partial charge in [-0.15, -0.1) is 0 Å². The van der Waals surface area contributed by atoms with E-state index in [2.05, 4.69) is 9.97 Å². The number of ether oxygens (including phenoxy) is 2. The van der Waals surface area contributed by atoms with E-state index in [4.69, 9.17) is 32.7 Å². The summed E-state index contributed by atoms with van der Waals surface area (Å²) in [6.45, 7) is 0. The summed E-state index contributed by atoms with van der Waals surface area (Å²) in [6.07, 6.45) is 0. The predicted octanol–water partition coefficient (Wildman–Crippen LogP) is 4.55. The molecule has 0 unspecified atom stereocenters. The summed E-state index contributed by atoms with van der Waals surface area (Å²) in [5.41, 5.74) is 2.43. The van der Waals surface area contributed by atoms with Gasteiger partial charge in [0.25, 0.3) is 0 Å². The lowest BCUT2D eigenvalue weighted by atomic mass is 10.2. The van der Waals surface area contributed by atoms with E-state index < -0.39 is 0 Å². The average Bonchev–Trinajstić information content (AvgIpc) is 2.90. The molecule has 1 N–H and O–H groups in total. The molecule has 0 radical (unpaired) electrons. The molecule has 0 aliphatic rings. The monoisotopic (exact) mass is 322 g/mol. The standard InChI is InChI=1S/C15H12Cl2N2O2/c1-20-9-3-8(4-10(5-9)21-2)15-18-13-6-11(16)12(17)7-14(13)19-15/h3-7H,1-2H3,(H,18,19). The van der Waals surface area contributed by atoms with Crippen LogP contribution in [0.2, 0.25) is 10.0 Å². The van der Waals surface area contributed by atoms with Crippen molar-refractivity contribution in [2.45, 2.75) is 0 Å². The van der Waals surface area contributed by atoms with Crippen LogP contribution < -0.4 is 9.47 Å². The highest BCUT2D eigenvalue weighted by atomic mass is 35.5. The quantitative estimate of drug-likeness (QED) is 0.769. The van der Waals surface area contributed by atoms with Crippen LogP contribution in [0.1, 0.15) is 0 Å². The molecule has 0 saturated carbocycles. The number of fused-ring (bicyclic) bond motifs is 1. The molecule has 3 aromatic rings. The van der Waals surface area contributed by atoms with Gasteiger partial charge in [0.15, 0.2) is 0 Å². The van der Waals surface area contributed by atoms with Crippen molar-refractivity contribution in [1.82, 2.24) is 9.97 Å². The van der Waals surface area contributed by atoms with Crippen molar-refractivity contribution in [3.8, 4) is 22.9 Å². The molecule has 0 aliphatic heterocycles. The average molecular weight is 323 g/mol. The Balaban J connectivity index is 2.15. The number of hydrogen-bond donors (Lipinski definition) is 1. The minimum atomic E-state index is 0.477. The van der Waals surface area contributed by atoms with Crippen LogP contribution in [-0.2, 0) is 0 Å². The van der Waals surface area contributed by atoms with Crippen LogP contribution in [0.3, 0.4) is 0 Å². The molecule has 0 aliphatic carbocycles. The lowest BCUT2D eigenvalue weighted by Crippen LogP contribution is -1.89. The molecular formula is C15H12Cl2N2O2. The van der Waals surface area contributed by atoms with Gasteiger partial charge in [0.2, 0.25) is 0 Å². The fourth-order valence-electron chi connectivity index (χ4n) is 2.09.